The zero-order chi connectivity index (χ0) is 30.2. The molecule has 0 radical (unpaired) electrons. The lowest BCUT2D eigenvalue weighted by atomic mass is 9.89. The Labute approximate surface area is 236 Å². The number of aromatic nitrogens is 1. The lowest BCUT2D eigenvalue weighted by Crippen LogP contribution is -2.54. The van der Waals surface area contributed by atoms with E-state index in [1.807, 2.05) is 4.90 Å². The van der Waals surface area contributed by atoms with Crippen LogP contribution in [0, 0.1) is 11.2 Å². The van der Waals surface area contributed by atoms with Crippen molar-refractivity contribution in [2.24, 2.45) is 11.1 Å². The highest BCUT2D eigenvalue weighted by Crippen LogP contribution is 2.39. The molecule has 2 saturated heterocycles. The highest BCUT2D eigenvalue weighted by molar-refractivity contribution is 5.99. The number of aliphatic hydroxyl groups excluding tert-OH is 1. The summed E-state index contributed by atoms with van der Waals surface area (Å²) in [5.41, 5.74) is 2.75. The van der Waals surface area contributed by atoms with Gasteiger partial charge >= 0.3 is 6.18 Å². The van der Waals surface area contributed by atoms with Gasteiger partial charge in [0.05, 0.1) is 29.0 Å². The van der Waals surface area contributed by atoms with Crippen molar-refractivity contribution in [1.82, 2.24) is 14.8 Å². The third-order valence-corrected chi connectivity index (χ3v) is 8.19. The fourth-order valence-corrected chi connectivity index (χ4v) is 5.46. The van der Waals surface area contributed by atoms with Crippen LogP contribution in [0.1, 0.15) is 56.8 Å². The van der Waals surface area contributed by atoms with Crippen molar-refractivity contribution < 1.29 is 37.0 Å². The van der Waals surface area contributed by atoms with E-state index in [9.17, 15) is 27.9 Å². The number of hydrogen-bond acceptors (Lipinski definition) is 6. The fourth-order valence-electron chi connectivity index (χ4n) is 5.46. The van der Waals surface area contributed by atoms with E-state index in [0.29, 0.717) is 23.6 Å². The van der Waals surface area contributed by atoms with Crippen molar-refractivity contribution in [2.45, 2.75) is 70.3 Å². The monoisotopic (exact) mass is 580 g/mol. The van der Waals surface area contributed by atoms with Gasteiger partial charge < -0.3 is 20.5 Å². The average Bonchev–Trinajstić information content (AvgIpc) is 3.22. The highest BCUT2D eigenvalue weighted by atomic mass is 19.4. The van der Waals surface area contributed by atoms with E-state index < -0.39 is 40.9 Å². The number of β-amino-alcohol motifs (C(OH)–C–C–N with tert-alkyl or cyclic N) is 1. The number of carbonyl (C=O) groups is 2. The van der Waals surface area contributed by atoms with Crippen LogP contribution in [0.3, 0.4) is 0 Å². The second-order valence-electron chi connectivity index (χ2n) is 11.8. The fraction of sp³-hybridized carbons (Fsp3) is 0.552. The van der Waals surface area contributed by atoms with Gasteiger partial charge in [0.1, 0.15) is 23.7 Å². The molecule has 0 aliphatic carbocycles. The number of pyridine rings is 1. The Kier molecular flexibility index (Phi) is 8.65. The van der Waals surface area contributed by atoms with Crippen LogP contribution in [0.25, 0.3) is 11.3 Å². The Bertz CT molecular complexity index is 1270. The number of ether oxygens (including phenoxy) is 1. The number of carbonyl (C=O) groups excluding carboxylic acids is 2. The molecule has 2 aliphatic rings. The van der Waals surface area contributed by atoms with Gasteiger partial charge in [0.2, 0.25) is 5.91 Å². The number of halogens is 4. The summed E-state index contributed by atoms with van der Waals surface area (Å²) in [5, 5.41) is 10.0. The number of aliphatic hydroxyl groups is 1. The molecular weight excluding hydrogens is 544 g/mol. The van der Waals surface area contributed by atoms with Gasteiger partial charge in [-0.15, -0.1) is 0 Å². The number of amides is 2. The first-order chi connectivity index (χ1) is 19.1. The van der Waals surface area contributed by atoms with E-state index in [4.69, 9.17) is 10.5 Å². The molecule has 1 aromatic heterocycles. The summed E-state index contributed by atoms with van der Waals surface area (Å²) in [7, 11) is 0. The van der Waals surface area contributed by atoms with Crippen LogP contribution in [0.2, 0.25) is 0 Å². The van der Waals surface area contributed by atoms with Gasteiger partial charge in [0.15, 0.2) is 0 Å². The number of hydrogen-bond donors (Lipinski definition) is 2. The van der Waals surface area contributed by atoms with Crippen LogP contribution in [0.4, 0.5) is 17.6 Å². The van der Waals surface area contributed by atoms with E-state index in [1.54, 1.807) is 12.1 Å². The van der Waals surface area contributed by atoms with E-state index >= 15 is 4.39 Å². The molecule has 8 nitrogen and oxygen atoms in total. The average molecular weight is 581 g/mol. The maximum Gasteiger partial charge on any atom is 0.395 e. The van der Waals surface area contributed by atoms with Crippen LogP contribution in [0.15, 0.2) is 36.5 Å². The van der Waals surface area contributed by atoms with Crippen molar-refractivity contribution in [1.29, 1.82) is 0 Å². The predicted octanol–water partition coefficient (Wildman–Crippen LogP) is 4.16. The highest BCUT2D eigenvalue weighted by Gasteiger charge is 2.50. The zero-order valence-corrected chi connectivity index (χ0v) is 23.4. The second-order valence-corrected chi connectivity index (χ2v) is 11.8. The second kappa shape index (κ2) is 11.6. The van der Waals surface area contributed by atoms with Gasteiger partial charge in [0.25, 0.3) is 5.91 Å². The topological polar surface area (TPSA) is 109 Å². The first kappa shape index (κ1) is 30.7. The predicted molar refractivity (Wildman–Crippen MR) is 143 cm³/mol. The molecule has 2 aliphatic heterocycles. The third-order valence-electron chi connectivity index (χ3n) is 8.19. The summed E-state index contributed by atoms with van der Waals surface area (Å²) in [6.07, 6.45) is -1.33. The quantitative estimate of drug-likeness (QED) is 0.454. The minimum Gasteiger partial charge on any atom is -0.490 e. The molecular formula is C29H36F4N4O4. The molecule has 1 unspecified atom stereocenters. The van der Waals surface area contributed by atoms with E-state index in [0.717, 1.165) is 30.2 Å². The normalized spacial score (nSPS) is 24.0. The van der Waals surface area contributed by atoms with Crippen LogP contribution >= 0.6 is 0 Å². The molecule has 3 heterocycles. The van der Waals surface area contributed by atoms with E-state index in [1.165, 1.54) is 39.1 Å². The third kappa shape index (κ3) is 6.48. The Morgan fingerprint density at radius 3 is 2.54 bits per heavy atom. The molecule has 0 spiro atoms. The van der Waals surface area contributed by atoms with Gasteiger partial charge in [-0.05, 0) is 64.4 Å². The molecule has 41 heavy (non-hydrogen) atoms. The summed E-state index contributed by atoms with van der Waals surface area (Å²) >= 11 is 0. The molecule has 2 amide bonds. The number of alkyl halides is 3. The summed E-state index contributed by atoms with van der Waals surface area (Å²) in [5.74, 6) is -1.92. The van der Waals surface area contributed by atoms with Gasteiger partial charge in [-0.1, -0.05) is 12.5 Å². The molecule has 4 rings (SSSR count). The molecule has 12 heteroatoms. The molecule has 3 atom stereocenters. The van der Waals surface area contributed by atoms with Crippen molar-refractivity contribution in [3.8, 4) is 17.0 Å². The number of benzene rings is 1. The molecule has 2 aromatic rings. The SMILES string of the molecule is CC(C)(CN1CCCCC1COc1ccc(-c2ccc(C(=O)N3C[C@H](O)C[C@@]3(C)C(N)=O)c(F)c2)nc1)C(F)(F)F. The van der Waals surface area contributed by atoms with Gasteiger partial charge in [0, 0.05) is 31.1 Å². The maximum absolute atomic E-state index is 15.1. The van der Waals surface area contributed by atoms with Crippen LogP contribution in [0.5, 0.6) is 5.75 Å². The number of likely N-dealkylation sites (tertiary alicyclic amines) is 2. The largest absolute Gasteiger partial charge is 0.490 e. The Balaban J connectivity index is 1.41. The number of nitrogens with zero attached hydrogens (tertiary/aromatic N) is 3. The number of primary amides is 1. The Morgan fingerprint density at radius 2 is 1.93 bits per heavy atom. The van der Waals surface area contributed by atoms with Crippen LogP contribution in [-0.4, -0.2) is 81.8 Å². The number of nitrogens with two attached hydrogens (primary N) is 1. The first-order valence-electron chi connectivity index (χ1n) is 13.6. The Morgan fingerprint density at radius 1 is 1.20 bits per heavy atom. The van der Waals surface area contributed by atoms with Crippen LogP contribution in [-0.2, 0) is 4.79 Å². The number of piperidine rings is 1. The summed E-state index contributed by atoms with van der Waals surface area (Å²) < 4.78 is 61.3. The molecule has 2 fully saturated rings. The molecule has 0 bridgehead atoms. The van der Waals surface area contributed by atoms with Crippen molar-refractivity contribution in [3.63, 3.8) is 0 Å². The van der Waals surface area contributed by atoms with Crippen molar-refractivity contribution in [3.05, 3.63) is 47.9 Å². The van der Waals surface area contributed by atoms with Crippen molar-refractivity contribution in [2.75, 3.05) is 26.2 Å². The van der Waals surface area contributed by atoms with Gasteiger partial charge in [-0.25, -0.2) is 4.39 Å². The lowest BCUT2D eigenvalue weighted by molar-refractivity contribution is -0.219. The smallest absolute Gasteiger partial charge is 0.395 e. The van der Waals surface area contributed by atoms with Gasteiger partial charge in [-0.3, -0.25) is 19.5 Å². The summed E-state index contributed by atoms with van der Waals surface area (Å²) in [6.45, 7) is 4.42. The standard InChI is InChI=1S/C29H36F4N4O4/c1-27(2,29(31,32)33)17-36-11-5-4-6-19(36)16-41-21-8-10-24(35-14-21)18-7-9-22(23(30)12-18)25(39)37-15-20(38)13-28(37,3)26(34)40/h7-10,12,14,19-20,38H,4-6,11,13,15-17H2,1-3H3,(H2,34,40)/t19?,20-,28+/m1/s1. The van der Waals surface area contributed by atoms with E-state index in [-0.39, 0.29) is 37.7 Å². The molecule has 224 valence electrons. The summed E-state index contributed by atoms with van der Waals surface area (Å²) in [6, 6.07) is 7.10. The molecule has 0 saturated carbocycles. The lowest BCUT2D eigenvalue weighted by Gasteiger charge is -2.41. The summed E-state index contributed by atoms with van der Waals surface area (Å²) in [4.78, 5) is 32.3. The maximum atomic E-state index is 15.1. The zero-order valence-electron chi connectivity index (χ0n) is 23.4. The minimum atomic E-state index is -4.30. The van der Waals surface area contributed by atoms with E-state index in [2.05, 4.69) is 4.98 Å². The van der Waals surface area contributed by atoms with Gasteiger partial charge in [-0.2, -0.15) is 13.2 Å². The molecule has 3 N–H and O–H groups in total. The Hall–Kier alpha value is -3.25. The van der Waals surface area contributed by atoms with Crippen molar-refractivity contribution >= 4 is 11.8 Å². The van der Waals surface area contributed by atoms with Crippen LogP contribution < -0.4 is 10.5 Å². The first-order valence-corrected chi connectivity index (χ1v) is 13.6. The minimum absolute atomic E-state index is 0.0313. The molecule has 1 aromatic carbocycles. The number of rotatable bonds is 8.